The number of pyridine rings is 1. The Morgan fingerprint density at radius 1 is 1.03 bits per heavy atom. The summed E-state index contributed by atoms with van der Waals surface area (Å²) >= 11 is 0. The van der Waals surface area contributed by atoms with Crippen LogP contribution in [0.4, 0.5) is 17.6 Å². The van der Waals surface area contributed by atoms with Gasteiger partial charge in [-0.3, -0.25) is 9.59 Å². The zero-order valence-electron chi connectivity index (χ0n) is 19.9. The summed E-state index contributed by atoms with van der Waals surface area (Å²) in [5.41, 5.74) is -0.981. The molecule has 0 spiro atoms. The molecule has 1 heterocycles. The Hall–Kier alpha value is -3.62. The zero-order chi connectivity index (χ0) is 26.0. The minimum atomic E-state index is -4.78. The van der Waals surface area contributed by atoms with Crippen LogP contribution in [0.3, 0.4) is 0 Å². The van der Waals surface area contributed by atoms with E-state index in [1.54, 1.807) is 0 Å². The monoisotopic (exact) mass is 502 g/mol. The molecule has 0 atom stereocenters. The molecule has 1 aliphatic carbocycles. The first-order valence-corrected chi connectivity index (χ1v) is 11.6. The van der Waals surface area contributed by atoms with Gasteiger partial charge in [-0.1, -0.05) is 30.3 Å². The molecule has 0 aliphatic heterocycles. The number of nitrogens with one attached hydrogen (secondary N) is 1. The molecule has 4 rings (SSSR count). The minimum absolute atomic E-state index is 0.0382. The summed E-state index contributed by atoms with van der Waals surface area (Å²) in [5, 5.41) is 2.93. The first-order valence-electron chi connectivity index (χ1n) is 11.6. The molecule has 3 aromatic rings. The quantitative estimate of drug-likeness (QED) is 0.457. The SMILES string of the molecule is COc1c(C(=O)NC2CCC(c3ccccc3)CC2)cc(-c2cc(F)cc(C(F)(F)F)c2)n(C)c1=O. The van der Waals surface area contributed by atoms with Gasteiger partial charge in [-0.2, -0.15) is 13.2 Å². The van der Waals surface area contributed by atoms with Gasteiger partial charge in [0.2, 0.25) is 0 Å². The van der Waals surface area contributed by atoms with Crippen LogP contribution in [-0.2, 0) is 13.2 Å². The number of ether oxygens (including phenoxy) is 1. The lowest BCUT2D eigenvalue weighted by molar-refractivity contribution is -0.137. The summed E-state index contributed by atoms with van der Waals surface area (Å²) in [5.74, 6) is -1.50. The second-order valence-corrected chi connectivity index (χ2v) is 9.00. The number of rotatable bonds is 5. The van der Waals surface area contributed by atoms with Gasteiger partial charge >= 0.3 is 6.18 Å². The van der Waals surface area contributed by atoms with Crippen molar-refractivity contribution >= 4 is 5.91 Å². The fraction of sp³-hybridized carbons (Fsp3) is 0.333. The molecule has 1 amide bonds. The van der Waals surface area contributed by atoms with Gasteiger partial charge in [-0.25, -0.2) is 4.39 Å². The van der Waals surface area contributed by atoms with Gasteiger partial charge in [0.15, 0.2) is 5.75 Å². The summed E-state index contributed by atoms with van der Waals surface area (Å²) in [7, 11) is 2.56. The fourth-order valence-electron chi connectivity index (χ4n) is 4.78. The third-order valence-corrected chi connectivity index (χ3v) is 6.69. The third kappa shape index (κ3) is 5.29. The van der Waals surface area contributed by atoms with Crippen molar-refractivity contribution in [3.05, 3.63) is 87.5 Å². The number of hydrogen-bond acceptors (Lipinski definition) is 3. The first-order chi connectivity index (χ1) is 17.1. The number of alkyl halides is 3. The average Bonchev–Trinajstić information content (AvgIpc) is 2.85. The van der Waals surface area contributed by atoms with Crippen LogP contribution in [0, 0.1) is 5.82 Å². The van der Waals surface area contributed by atoms with Gasteiger partial charge in [0.1, 0.15) is 5.82 Å². The number of benzene rings is 2. The van der Waals surface area contributed by atoms with Crippen LogP contribution < -0.4 is 15.6 Å². The molecule has 1 aliphatic rings. The Morgan fingerprint density at radius 3 is 2.31 bits per heavy atom. The molecule has 5 nitrogen and oxygen atoms in total. The highest BCUT2D eigenvalue weighted by atomic mass is 19.4. The van der Waals surface area contributed by atoms with Crippen molar-refractivity contribution in [1.82, 2.24) is 9.88 Å². The van der Waals surface area contributed by atoms with Crippen LogP contribution in [0.1, 0.15) is 53.1 Å². The Bertz CT molecular complexity index is 1310. The van der Waals surface area contributed by atoms with Crippen LogP contribution in [0.2, 0.25) is 0 Å². The van der Waals surface area contributed by atoms with Gasteiger partial charge in [-0.15, -0.1) is 0 Å². The molecule has 1 fully saturated rings. The van der Waals surface area contributed by atoms with Crippen LogP contribution in [0.5, 0.6) is 5.75 Å². The van der Waals surface area contributed by atoms with Crippen LogP contribution in [0.25, 0.3) is 11.3 Å². The number of methoxy groups -OCH3 is 1. The third-order valence-electron chi connectivity index (χ3n) is 6.69. The molecule has 0 saturated heterocycles. The molecular weight excluding hydrogens is 476 g/mol. The van der Waals surface area contributed by atoms with Crippen LogP contribution in [0.15, 0.2) is 59.4 Å². The molecule has 1 saturated carbocycles. The Morgan fingerprint density at radius 2 is 1.69 bits per heavy atom. The summed E-state index contributed by atoms with van der Waals surface area (Å²) in [6, 6.07) is 13.3. The van der Waals surface area contributed by atoms with E-state index in [0.29, 0.717) is 12.0 Å². The predicted octanol–water partition coefficient (Wildman–Crippen LogP) is 5.68. The van der Waals surface area contributed by atoms with Crippen LogP contribution in [-0.4, -0.2) is 23.6 Å². The lowest BCUT2D eigenvalue weighted by Crippen LogP contribution is -2.38. The predicted molar refractivity (Wildman–Crippen MR) is 128 cm³/mol. The lowest BCUT2D eigenvalue weighted by atomic mass is 9.81. The normalized spacial score (nSPS) is 18.1. The second kappa shape index (κ2) is 10.2. The fourth-order valence-corrected chi connectivity index (χ4v) is 4.78. The van der Waals surface area contributed by atoms with E-state index < -0.39 is 29.0 Å². The molecule has 2 aromatic carbocycles. The Kier molecular flexibility index (Phi) is 7.19. The van der Waals surface area contributed by atoms with E-state index >= 15 is 0 Å². The maximum Gasteiger partial charge on any atom is 0.416 e. The highest BCUT2D eigenvalue weighted by Crippen LogP contribution is 2.35. The Labute approximate surface area is 205 Å². The van der Waals surface area contributed by atoms with E-state index in [9.17, 15) is 27.2 Å². The number of carbonyl (C=O) groups is 1. The minimum Gasteiger partial charge on any atom is -0.491 e. The second-order valence-electron chi connectivity index (χ2n) is 9.00. The summed E-state index contributed by atoms with van der Waals surface area (Å²) < 4.78 is 60.0. The van der Waals surface area contributed by atoms with E-state index in [1.165, 1.54) is 25.8 Å². The number of nitrogens with zero attached hydrogens (tertiary/aromatic N) is 1. The van der Waals surface area contributed by atoms with Crippen molar-refractivity contribution in [3.63, 3.8) is 0 Å². The van der Waals surface area contributed by atoms with Crippen molar-refractivity contribution in [2.75, 3.05) is 7.11 Å². The Balaban J connectivity index is 1.61. The van der Waals surface area contributed by atoms with Crippen molar-refractivity contribution in [2.24, 2.45) is 7.05 Å². The van der Waals surface area contributed by atoms with E-state index in [2.05, 4.69) is 17.4 Å². The van der Waals surface area contributed by atoms with E-state index in [-0.39, 0.29) is 28.6 Å². The van der Waals surface area contributed by atoms with Gasteiger partial charge in [0.05, 0.1) is 23.9 Å². The lowest BCUT2D eigenvalue weighted by Gasteiger charge is -2.29. The summed E-state index contributed by atoms with van der Waals surface area (Å²) in [6.07, 6.45) is -1.52. The molecule has 0 bridgehead atoms. The van der Waals surface area contributed by atoms with Gasteiger partial charge < -0.3 is 14.6 Å². The molecule has 9 heteroatoms. The number of amides is 1. The smallest absolute Gasteiger partial charge is 0.416 e. The van der Waals surface area contributed by atoms with Crippen molar-refractivity contribution in [3.8, 4) is 17.0 Å². The van der Waals surface area contributed by atoms with E-state index in [1.807, 2.05) is 18.2 Å². The van der Waals surface area contributed by atoms with E-state index in [4.69, 9.17) is 4.74 Å². The largest absolute Gasteiger partial charge is 0.491 e. The van der Waals surface area contributed by atoms with E-state index in [0.717, 1.165) is 42.4 Å². The van der Waals surface area contributed by atoms with Gasteiger partial charge in [0.25, 0.3) is 11.5 Å². The number of aromatic nitrogens is 1. The highest BCUT2D eigenvalue weighted by Gasteiger charge is 2.32. The summed E-state index contributed by atoms with van der Waals surface area (Å²) in [6.45, 7) is 0. The molecule has 0 unspecified atom stereocenters. The van der Waals surface area contributed by atoms with Gasteiger partial charge in [0, 0.05) is 18.7 Å². The average molecular weight is 503 g/mol. The van der Waals surface area contributed by atoms with Crippen molar-refractivity contribution in [2.45, 2.75) is 43.8 Å². The van der Waals surface area contributed by atoms with Crippen molar-refractivity contribution in [1.29, 1.82) is 0 Å². The number of halogens is 4. The highest BCUT2D eigenvalue weighted by molar-refractivity contribution is 5.98. The number of hydrogen-bond donors (Lipinski definition) is 1. The first kappa shape index (κ1) is 25.5. The standard InChI is InChI=1S/C27H26F4N2O3/c1-33-23(18-12-19(27(29,30)31)14-20(28)13-18)15-22(24(36-2)26(33)35)25(34)32-21-10-8-17(9-11-21)16-6-4-3-5-7-16/h3-7,12-15,17,21H,8-11H2,1-2H3,(H,32,34). The topological polar surface area (TPSA) is 60.3 Å². The molecule has 0 radical (unpaired) electrons. The summed E-state index contributed by atoms with van der Waals surface area (Å²) in [4.78, 5) is 26.1. The molecular formula is C27H26F4N2O3. The molecule has 1 N–H and O–H groups in total. The maximum absolute atomic E-state index is 14.1. The van der Waals surface area contributed by atoms with Crippen LogP contribution >= 0.6 is 0 Å². The maximum atomic E-state index is 14.1. The molecule has 36 heavy (non-hydrogen) atoms. The molecule has 1 aromatic heterocycles. The van der Waals surface area contributed by atoms with Gasteiger partial charge in [-0.05, 0) is 61.4 Å². The molecule has 190 valence electrons. The number of carbonyl (C=O) groups excluding carboxylic acids is 1. The zero-order valence-corrected chi connectivity index (χ0v) is 19.9. The van der Waals surface area contributed by atoms with Crippen molar-refractivity contribution < 1.29 is 27.1 Å².